The number of unbranched alkanes of at least 4 members (excludes halogenated alkanes) is 15. The number of carbonyl (C=O) groups excluding carboxylic acids is 4. The van der Waals surface area contributed by atoms with Gasteiger partial charge in [-0.05, 0) is 44.9 Å². The van der Waals surface area contributed by atoms with Gasteiger partial charge in [0, 0.05) is 12.8 Å². The Hall–Kier alpha value is -2.12. The number of hydrogen-bond donors (Lipinski definition) is 0. The van der Waals surface area contributed by atoms with Gasteiger partial charge < -0.3 is 18.9 Å². The number of ether oxygens (including phenoxy) is 4. The van der Waals surface area contributed by atoms with Gasteiger partial charge in [-0.3, -0.25) is 19.2 Å². The Morgan fingerprint density at radius 2 is 0.561 bits per heavy atom. The van der Waals surface area contributed by atoms with Gasteiger partial charge in [-0.1, -0.05) is 90.9 Å². The fourth-order valence-corrected chi connectivity index (χ4v) is 4.27. The van der Waals surface area contributed by atoms with E-state index in [0.29, 0.717) is 58.3 Å². The highest BCUT2D eigenvalue weighted by Gasteiger charge is 2.10. The Labute approximate surface area is 250 Å². The second kappa shape index (κ2) is 30.8. The zero-order chi connectivity index (χ0) is 30.2. The highest BCUT2D eigenvalue weighted by atomic mass is 16.5. The van der Waals surface area contributed by atoms with Crippen LogP contribution in [-0.2, 0) is 38.1 Å². The summed E-state index contributed by atoms with van der Waals surface area (Å²) in [5.41, 5.74) is 0. The van der Waals surface area contributed by atoms with Crippen LogP contribution in [0.15, 0.2) is 0 Å². The van der Waals surface area contributed by atoms with Crippen molar-refractivity contribution in [2.75, 3.05) is 26.4 Å². The van der Waals surface area contributed by atoms with Crippen LogP contribution in [0.2, 0.25) is 0 Å². The minimum Gasteiger partial charge on any atom is -0.466 e. The van der Waals surface area contributed by atoms with E-state index in [1.165, 1.54) is 64.2 Å². The third kappa shape index (κ3) is 30.7. The Balaban J connectivity index is 3.45. The second-order valence-electron chi connectivity index (χ2n) is 10.9. The van der Waals surface area contributed by atoms with E-state index < -0.39 is 5.97 Å². The first-order chi connectivity index (χ1) is 20.0. The van der Waals surface area contributed by atoms with Gasteiger partial charge in [-0.25, -0.2) is 0 Å². The smallest absolute Gasteiger partial charge is 0.306 e. The fourth-order valence-electron chi connectivity index (χ4n) is 4.27. The van der Waals surface area contributed by atoms with Crippen LogP contribution in [0, 0.1) is 0 Å². The molecule has 0 saturated carbocycles. The van der Waals surface area contributed by atoms with Crippen LogP contribution in [0.3, 0.4) is 0 Å². The van der Waals surface area contributed by atoms with Crippen LogP contribution in [0.25, 0.3) is 0 Å². The molecule has 240 valence electrons. The molecule has 0 fully saturated rings. The highest BCUT2D eigenvalue weighted by molar-refractivity contribution is 5.77. The van der Waals surface area contributed by atoms with E-state index in [1.807, 2.05) is 0 Å². The van der Waals surface area contributed by atoms with E-state index in [1.54, 1.807) is 0 Å². The molecule has 0 aromatic rings. The molecular formula is C33H60O8. The Kier molecular flexibility index (Phi) is 29.2. The predicted octanol–water partition coefficient (Wildman–Crippen LogP) is 8.17. The molecule has 0 aliphatic carbocycles. The lowest BCUT2D eigenvalue weighted by atomic mass is 10.1. The van der Waals surface area contributed by atoms with Crippen LogP contribution in [0.1, 0.15) is 162 Å². The second-order valence-corrected chi connectivity index (χ2v) is 10.9. The average molecular weight is 585 g/mol. The van der Waals surface area contributed by atoms with Gasteiger partial charge in [-0.2, -0.15) is 0 Å². The summed E-state index contributed by atoms with van der Waals surface area (Å²) < 4.78 is 20.8. The van der Waals surface area contributed by atoms with Crippen molar-refractivity contribution in [1.29, 1.82) is 0 Å². The van der Waals surface area contributed by atoms with Crippen molar-refractivity contribution in [3.8, 4) is 0 Å². The molecule has 0 radical (unpaired) electrons. The third-order valence-electron chi connectivity index (χ3n) is 6.88. The molecule has 0 aliphatic heterocycles. The minimum absolute atomic E-state index is 0.0269. The van der Waals surface area contributed by atoms with Gasteiger partial charge in [0.1, 0.15) is 0 Å². The molecule has 41 heavy (non-hydrogen) atoms. The van der Waals surface area contributed by atoms with Gasteiger partial charge in [0.15, 0.2) is 0 Å². The lowest BCUT2D eigenvalue weighted by Gasteiger charge is -2.07. The molecule has 0 saturated heterocycles. The maximum absolute atomic E-state index is 11.8. The van der Waals surface area contributed by atoms with Crippen LogP contribution in [-0.4, -0.2) is 50.3 Å². The van der Waals surface area contributed by atoms with E-state index in [9.17, 15) is 19.2 Å². The standard InChI is InChI=1S/C33H60O8/c1-3-5-7-9-11-13-18-26-38-31(35)23-17-21-29-39-30(34)22-16-15-20-28-41-33(37)25-24-32(36)40-27-19-14-12-10-8-6-4-2/h3-29H2,1-2H3. The lowest BCUT2D eigenvalue weighted by Crippen LogP contribution is -2.11. The molecule has 0 unspecified atom stereocenters. The number of esters is 4. The van der Waals surface area contributed by atoms with Gasteiger partial charge in [0.25, 0.3) is 0 Å². The number of hydrogen-bond acceptors (Lipinski definition) is 8. The zero-order valence-electron chi connectivity index (χ0n) is 26.4. The van der Waals surface area contributed by atoms with Crippen molar-refractivity contribution >= 4 is 23.9 Å². The molecule has 0 bridgehead atoms. The van der Waals surface area contributed by atoms with Gasteiger partial charge in [0.05, 0.1) is 39.3 Å². The number of carbonyl (C=O) groups is 4. The summed E-state index contributed by atoms with van der Waals surface area (Å²) in [6, 6.07) is 0. The maximum Gasteiger partial charge on any atom is 0.306 e. The Morgan fingerprint density at radius 1 is 0.317 bits per heavy atom. The first kappa shape index (κ1) is 38.9. The molecule has 0 aliphatic rings. The largest absolute Gasteiger partial charge is 0.466 e. The molecule has 0 heterocycles. The van der Waals surface area contributed by atoms with Crippen molar-refractivity contribution in [1.82, 2.24) is 0 Å². The van der Waals surface area contributed by atoms with Crippen LogP contribution in [0.4, 0.5) is 0 Å². The van der Waals surface area contributed by atoms with Gasteiger partial charge in [-0.15, -0.1) is 0 Å². The topological polar surface area (TPSA) is 105 Å². The van der Waals surface area contributed by atoms with Crippen molar-refractivity contribution in [2.24, 2.45) is 0 Å². The first-order valence-electron chi connectivity index (χ1n) is 16.6. The summed E-state index contributed by atoms with van der Waals surface area (Å²) in [5, 5.41) is 0. The molecule has 8 nitrogen and oxygen atoms in total. The molecule has 8 heteroatoms. The van der Waals surface area contributed by atoms with E-state index in [0.717, 1.165) is 32.1 Å². The van der Waals surface area contributed by atoms with Crippen molar-refractivity contribution < 1.29 is 38.1 Å². The third-order valence-corrected chi connectivity index (χ3v) is 6.88. The van der Waals surface area contributed by atoms with Crippen molar-refractivity contribution in [3.05, 3.63) is 0 Å². The predicted molar refractivity (Wildman–Crippen MR) is 161 cm³/mol. The molecule has 0 amide bonds. The molecule has 0 aromatic heterocycles. The quantitative estimate of drug-likeness (QED) is 0.0473. The SMILES string of the molecule is CCCCCCCCCOC(=O)CCCCOC(=O)CCCCCOC(=O)CCC(=O)OCCCCCCCCC. The van der Waals surface area contributed by atoms with E-state index >= 15 is 0 Å². The summed E-state index contributed by atoms with van der Waals surface area (Å²) in [4.78, 5) is 47.1. The summed E-state index contributed by atoms with van der Waals surface area (Å²) in [6.07, 6.45) is 20.5. The van der Waals surface area contributed by atoms with Crippen molar-refractivity contribution in [3.63, 3.8) is 0 Å². The van der Waals surface area contributed by atoms with E-state index in [-0.39, 0.29) is 37.4 Å². The van der Waals surface area contributed by atoms with Crippen LogP contribution >= 0.6 is 0 Å². The van der Waals surface area contributed by atoms with E-state index in [4.69, 9.17) is 18.9 Å². The lowest BCUT2D eigenvalue weighted by molar-refractivity contribution is -0.150. The van der Waals surface area contributed by atoms with Gasteiger partial charge >= 0.3 is 23.9 Å². The van der Waals surface area contributed by atoms with Crippen molar-refractivity contribution in [2.45, 2.75) is 162 Å². The monoisotopic (exact) mass is 584 g/mol. The summed E-state index contributed by atoms with van der Waals surface area (Å²) in [7, 11) is 0. The molecule has 0 atom stereocenters. The molecule has 0 rings (SSSR count). The normalized spacial score (nSPS) is 10.8. The zero-order valence-corrected chi connectivity index (χ0v) is 26.4. The summed E-state index contributed by atoms with van der Waals surface area (Å²) in [5.74, 6) is -1.19. The Bertz CT molecular complexity index is 649. The molecule has 0 N–H and O–H groups in total. The summed E-state index contributed by atoms with van der Waals surface area (Å²) >= 11 is 0. The molecule has 0 spiro atoms. The Morgan fingerprint density at radius 3 is 0.927 bits per heavy atom. The van der Waals surface area contributed by atoms with Crippen LogP contribution in [0.5, 0.6) is 0 Å². The number of rotatable bonds is 30. The van der Waals surface area contributed by atoms with Gasteiger partial charge in [0.2, 0.25) is 0 Å². The highest BCUT2D eigenvalue weighted by Crippen LogP contribution is 2.09. The average Bonchev–Trinajstić information content (AvgIpc) is 2.96. The van der Waals surface area contributed by atoms with Crippen LogP contribution < -0.4 is 0 Å². The first-order valence-corrected chi connectivity index (χ1v) is 16.6. The summed E-state index contributed by atoms with van der Waals surface area (Å²) in [6.45, 7) is 5.90. The fraction of sp³-hybridized carbons (Fsp3) is 0.879. The molecular weight excluding hydrogens is 524 g/mol. The minimum atomic E-state index is -0.404. The van der Waals surface area contributed by atoms with E-state index in [2.05, 4.69) is 13.8 Å². The molecule has 0 aromatic carbocycles. The maximum atomic E-state index is 11.8.